The number of carbonyl (C=O) groups is 1. The van der Waals surface area contributed by atoms with E-state index < -0.39 is 0 Å². The van der Waals surface area contributed by atoms with E-state index >= 15 is 0 Å². The molecule has 4 aromatic rings. The molecule has 0 bridgehead atoms. The lowest BCUT2D eigenvalue weighted by atomic mass is 10.1. The molecule has 0 saturated heterocycles. The van der Waals surface area contributed by atoms with E-state index in [1.54, 1.807) is 30.3 Å². The first-order valence-corrected chi connectivity index (χ1v) is 10.8. The van der Waals surface area contributed by atoms with Crippen LogP contribution in [0.3, 0.4) is 0 Å². The van der Waals surface area contributed by atoms with Crippen LogP contribution in [0.15, 0.2) is 52.5 Å². The van der Waals surface area contributed by atoms with Gasteiger partial charge in [-0.05, 0) is 42.8 Å². The SMILES string of the molecule is Cc1c(Cl)cccc1-n1c(SCC(=O)c2ccc(Cl)c(Cl)c2)nc2[nH]ncc2c1=O. The minimum atomic E-state index is -0.302. The Labute approximate surface area is 190 Å². The highest BCUT2D eigenvalue weighted by Crippen LogP contribution is 2.28. The lowest BCUT2D eigenvalue weighted by molar-refractivity contribution is 0.102. The highest BCUT2D eigenvalue weighted by atomic mass is 35.5. The molecule has 0 aliphatic rings. The second-order valence-corrected chi connectivity index (χ2v) is 8.56. The average Bonchev–Trinajstić information content (AvgIpc) is 3.20. The first-order valence-electron chi connectivity index (χ1n) is 8.69. The summed E-state index contributed by atoms with van der Waals surface area (Å²) in [6.45, 7) is 1.82. The van der Waals surface area contributed by atoms with Crippen LogP contribution in [-0.2, 0) is 0 Å². The summed E-state index contributed by atoms with van der Waals surface area (Å²) >= 11 is 19.3. The van der Waals surface area contributed by atoms with Gasteiger partial charge in [0.15, 0.2) is 16.6 Å². The third-order valence-electron chi connectivity index (χ3n) is 4.51. The maximum atomic E-state index is 13.2. The summed E-state index contributed by atoms with van der Waals surface area (Å²) in [5, 5.41) is 8.50. The number of carbonyl (C=O) groups excluding carboxylic acids is 1. The van der Waals surface area contributed by atoms with E-state index in [1.165, 1.54) is 16.8 Å². The van der Waals surface area contributed by atoms with Crippen molar-refractivity contribution in [3.8, 4) is 5.69 Å². The van der Waals surface area contributed by atoms with E-state index in [0.717, 1.165) is 17.3 Å². The summed E-state index contributed by atoms with van der Waals surface area (Å²) in [7, 11) is 0. The van der Waals surface area contributed by atoms with E-state index in [-0.39, 0.29) is 17.1 Å². The zero-order valence-corrected chi connectivity index (χ0v) is 18.5. The van der Waals surface area contributed by atoms with E-state index in [1.807, 2.05) is 6.92 Å². The molecule has 152 valence electrons. The molecule has 0 fully saturated rings. The largest absolute Gasteiger partial charge is 0.293 e. The number of Topliss-reactive ketones (excluding diaryl/α,β-unsaturated/α-hetero) is 1. The number of nitrogens with one attached hydrogen (secondary N) is 1. The van der Waals surface area contributed by atoms with Crippen molar-refractivity contribution < 1.29 is 4.79 Å². The lowest BCUT2D eigenvalue weighted by Crippen LogP contribution is -2.22. The van der Waals surface area contributed by atoms with E-state index in [2.05, 4.69) is 15.2 Å². The molecule has 1 N–H and O–H groups in total. The van der Waals surface area contributed by atoms with E-state index in [4.69, 9.17) is 34.8 Å². The number of thioether (sulfide) groups is 1. The molecule has 0 atom stereocenters. The van der Waals surface area contributed by atoms with Gasteiger partial charge in [0.2, 0.25) is 0 Å². The van der Waals surface area contributed by atoms with Gasteiger partial charge in [0.05, 0.1) is 27.7 Å². The third kappa shape index (κ3) is 3.86. The Morgan fingerprint density at radius 1 is 1.13 bits per heavy atom. The fourth-order valence-corrected chi connectivity index (χ4v) is 4.27. The van der Waals surface area contributed by atoms with Crippen molar-refractivity contribution in [2.45, 2.75) is 12.1 Å². The van der Waals surface area contributed by atoms with Crippen molar-refractivity contribution >= 4 is 63.4 Å². The van der Waals surface area contributed by atoms with Crippen molar-refractivity contribution in [3.05, 3.63) is 79.1 Å². The summed E-state index contributed by atoms with van der Waals surface area (Å²) in [5.41, 5.74) is 1.78. The number of fused-ring (bicyclic) bond motifs is 1. The van der Waals surface area contributed by atoms with Crippen molar-refractivity contribution in [2.75, 3.05) is 5.75 Å². The van der Waals surface area contributed by atoms with Gasteiger partial charge in [-0.15, -0.1) is 0 Å². The number of benzene rings is 2. The van der Waals surface area contributed by atoms with Crippen LogP contribution in [-0.4, -0.2) is 31.3 Å². The van der Waals surface area contributed by atoms with Crippen molar-refractivity contribution in [1.29, 1.82) is 0 Å². The number of halogens is 3. The maximum absolute atomic E-state index is 13.2. The number of hydrogen-bond acceptors (Lipinski definition) is 5. The standard InChI is InChI=1S/C20H13Cl3N4O2S/c1-10-13(21)3-2-4-16(10)27-19(29)12-8-24-26-18(12)25-20(27)30-9-17(28)11-5-6-14(22)15(23)7-11/h2-8H,9H2,1H3,(H,24,26). The minimum absolute atomic E-state index is 0.0453. The van der Waals surface area contributed by atoms with E-state index in [0.29, 0.717) is 42.5 Å². The van der Waals surface area contributed by atoms with Gasteiger partial charge < -0.3 is 0 Å². The summed E-state index contributed by atoms with van der Waals surface area (Å²) < 4.78 is 1.45. The molecular weight excluding hydrogens is 467 g/mol. The Morgan fingerprint density at radius 2 is 1.93 bits per heavy atom. The van der Waals surface area contributed by atoms with Crippen LogP contribution < -0.4 is 5.56 Å². The molecule has 30 heavy (non-hydrogen) atoms. The molecule has 0 radical (unpaired) electrons. The van der Waals surface area contributed by atoms with Crippen LogP contribution >= 0.6 is 46.6 Å². The van der Waals surface area contributed by atoms with Crippen LogP contribution in [0.1, 0.15) is 15.9 Å². The van der Waals surface area contributed by atoms with Crippen LogP contribution in [0, 0.1) is 6.92 Å². The van der Waals surface area contributed by atoms with Gasteiger partial charge in [-0.3, -0.25) is 19.3 Å². The molecular formula is C20H13Cl3N4O2S. The van der Waals surface area contributed by atoms with Gasteiger partial charge in [0, 0.05) is 10.6 Å². The van der Waals surface area contributed by atoms with E-state index in [9.17, 15) is 9.59 Å². The molecule has 0 unspecified atom stereocenters. The fraction of sp³-hybridized carbons (Fsp3) is 0.100. The predicted molar refractivity (Wildman–Crippen MR) is 121 cm³/mol. The molecule has 2 heterocycles. The summed E-state index contributed by atoms with van der Waals surface area (Å²) in [5.74, 6) is -0.129. The van der Waals surface area contributed by atoms with Gasteiger partial charge in [-0.1, -0.05) is 52.6 Å². The second-order valence-electron chi connectivity index (χ2n) is 6.39. The Morgan fingerprint density at radius 3 is 2.70 bits per heavy atom. The smallest absolute Gasteiger partial charge is 0.269 e. The number of aromatic amines is 1. The van der Waals surface area contributed by atoms with Crippen molar-refractivity contribution in [1.82, 2.24) is 19.7 Å². The molecule has 0 amide bonds. The summed E-state index contributed by atoms with van der Waals surface area (Å²) in [6.07, 6.45) is 1.43. The van der Waals surface area contributed by atoms with Gasteiger partial charge in [0.25, 0.3) is 5.56 Å². The second kappa shape index (κ2) is 8.43. The number of rotatable bonds is 5. The van der Waals surface area contributed by atoms with Gasteiger partial charge in [-0.25, -0.2) is 4.98 Å². The molecule has 2 aromatic carbocycles. The van der Waals surface area contributed by atoms with Crippen molar-refractivity contribution in [2.24, 2.45) is 0 Å². The van der Waals surface area contributed by atoms with Crippen molar-refractivity contribution in [3.63, 3.8) is 0 Å². The zero-order valence-electron chi connectivity index (χ0n) is 15.4. The predicted octanol–water partition coefficient (Wildman–Crippen LogP) is 5.35. The molecule has 4 rings (SSSR count). The van der Waals surface area contributed by atoms with Crippen LogP contribution in [0.2, 0.25) is 15.1 Å². The van der Waals surface area contributed by atoms with Crippen LogP contribution in [0.25, 0.3) is 16.7 Å². The Balaban J connectivity index is 1.76. The maximum Gasteiger partial charge on any atom is 0.269 e. The zero-order chi connectivity index (χ0) is 21.4. The van der Waals surface area contributed by atoms with Gasteiger partial charge >= 0.3 is 0 Å². The average molecular weight is 480 g/mol. The lowest BCUT2D eigenvalue weighted by Gasteiger charge is -2.14. The normalized spacial score (nSPS) is 11.2. The molecule has 10 heteroatoms. The number of nitrogens with zero attached hydrogens (tertiary/aromatic N) is 3. The fourth-order valence-electron chi connectivity index (χ4n) is 2.90. The minimum Gasteiger partial charge on any atom is -0.293 e. The Kier molecular flexibility index (Phi) is 5.88. The first-order chi connectivity index (χ1) is 14.4. The molecule has 0 saturated carbocycles. The Hall–Kier alpha value is -2.32. The monoisotopic (exact) mass is 478 g/mol. The summed E-state index contributed by atoms with van der Waals surface area (Å²) in [4.78, 5) is 30.3. The molecule has 0 aliphatic heterocycles. The van der Waals surface area contributed by atoms with Crippen LogP contribution in [0.4, 0.5) is 0 Å². The number of aromatic nitrogens is 4. The number of hydrogen-bond donors (Lipinski definition) is 1. The first kappa shape index (κ1) is 20.9. The summed E-state index contributed by atoms with van der Waals surface area (Å²) in [6, 6.07) is 9.98. The Bertz CT molecular complexity index is 1350. The third-order valence-corrected chi connectivity index (χ3v) is 6.59. The van der Waals surface area contributed by atoms with Gasteiger partial charge in [-0.2, -0.15) is 5.10 Å². The van der Waals surface area contributed by atoms with Gasteiger partial charge in [0.1, 0.15) is 5.39 Å². The quantitative estimate of drug-likeness (QED) is 0.237. The molecule has 6 nitrogen and oxygen atoms in total. The molecule has 0 aliphatic carbocycles. The number of ketones is 1. The number of H-pyrrole nitrogens is 1. The van der Waals surface area contributed by atoms with Crippen LogP contribution in [0.5, 0.6) is 0 Å². The highest BCUT2D eigenvalue weighted by Gasteiger charge is 2.18. The topological polar surface area (TPSA) is 80.6 Å². The molecule has 2 aromatic heterocycles. The highest BCUT2D eigenvalue weighted by molar-refractivity contribution is 7.99. The molecule has 0 spiro atoms.